The first kappa shape index (κ1) is 19.8. The number of nitrogens with zero attached hydrogens (tertiary/aromatic N) is 1. The minimum absolute atomic E-state index is 0.00919. The van der Waals surface area contributed by atoms with Crippen LogP contribution in [0.25, 0.3) is 21.8 Å². The molecule has 0 aliphatic heterocycles. The highest BCUT2D eigenvalue weighted by atomic mass is 19.1. The highest BCUT2D eigenvalue weighted by Gasteiger charge is 2.12. The van der Waals surface area contributed by atoms with Gasteiger partial charge in [0.2, 0.25) is 5.91 Å². The summed E-state index contributed by atoms with van der Waals surface area (Å²) in [7, 11) is 0. The number of para-hydroxylation sites is 1. The molecular weight excluding hydrogens is 386 g/mol. The Labute approximate surface area is 171 Å². The molecule has 0 aliphatic rings. The maximum Gasteiger partial charge on any atom is 0.224 e. The molecule has 0 atom stereocenters. The minimum Gasteiger partial charge on any atom is -0.340 e. The van der Waals surface area contributed by atoms with Crippen LogP contribution in [0, 0.1) is 18.6 Å². The van der Waals surface area contributed by atoms with Crippen LogP contribution in [0.1, 0.15) is 18.4 Å². The number of aromatic nitrogens is 1. The van der Waals surface area contributed by atoms with Gasteiger partial charge in [0, 0.05) is 29.8 Å². The van der Waals surface area contributed by atoms with E-state index in [1.807, 2.05) is 47.9 Å². The lowest BCUT2D eigenvalue weighted by Gasteiger charge is -2.15. The third-order valence-corrected chi connectivity index (χ3v) is 5.12. The molecule has 6 heteroatoms. The van der Waals surface area contributed by atoms with Gasteiger partial charge in [0.25, 0.3) is 0 Å². The van der Waals surface area contributed by atoms with Gasteiger partial charge in [0.1, 0.15) is 11.6 Å². The summed E-state index contributed by atoms with van der Waals surface area (Å²) in [6, 6.07) is 16.2. The van der Waals surface area contributed by atoms with E-state index >= 15 is 0 Å². The number of rotatable bonds is 5. The number of carbonyl (C=O) groups is 1. The second-order valence-electron chi connectivity index (χ2n) is 7.29. The van der Waals surface area contributed by atoms with Crippen molar-refractivity contribution in [3.63, 3.8) is 0 Å². The average molecular weight is 406 g/mol. The molecule has 0 saturated carbocycles. The summed E-state index contributed by atoms with van der Waals surface area (Å²) in [6.07, 6.45) is 0.648. The molecule has 152 valence electrons. The highest BCUT2D eigenvalue weighted by Crippen LogP contribution is 2.21. The summed E-state index contributed by atoms with van der Waals surface area (Å²) in [5.41, 5.74) is 2.57. The Bertz CT molecular complexity index is 1330. The van der Waals surface area contributed by atoms with Gasteiger partial charge in [-0.1, -0.05) is 23.8 Å². The first-order chi connectivity index (χ1) is 14.4. The fraction of sp³-hybridized carbons (Fsp3) is 0.167. The van der Waals surface area contributed by atoms with Crippen LogP contribution in [0.3, 0.4) is 0 Å². The maximum absolute atomic E-state index is 13.7. The Balaban J connectivity index is 1.58. The first-order valence-electron chi connectivity index (χ1n) is 9.71. The molecule has 3 aromatic carbocycles. The first-order valence-corrected chi connectivity index (χ1v) is 9.71. The number of nitrogens with one attached hydrogen (secondary N) is 1. The highest BCUT2D eigenvalue weighted by molar-refractivity contribution is 5.94. The van der Waals surface area contributed by atoms with Gasteiger partial charge in [-0.25, -0.2) is 8.78 Å². The van der Waals surface area contributed by atoms with E-state index in [2.05, 4.69) is 5.32 Å². The number of halogens is 2. The maximum atomic E-state index is 13.7. The Kier molecular flexibility index (Phi) is 5.31. The molecule has 0 spiro atoms. The molecule has 0 saturated heterocycles. The minimum atomic E-state index is -0.809. The number of amides is 1. The lowest BCUT2D eigenvalue weighted by atomic mass is 10.1. The summed E-state index contributed by atoms with van der Waals surface area (Å²) in [6.45, 7) is 2.46. The number of fused-ring (bicyclic) bond motifs is 2. The zero-order valence-electron chi connectivity index (χ0n) is 16.4. The van der Waals surface area contributed by atoms with Gasteiger partial charge in [-0.15, -0.1) is 0 Å². The second-order valence-corrected chi connectivity index (χ2v) is 7.29. The van der Waals surface area contributed by atoms with Crippen molar-refractivity contribution in [2.75, 3.05) is 5.32 Å². The van der Waals surface area contributed by atoms with Gasteiger partial charge < -0.3 is 9.88 Å². The van der Waals surface area contributed by atoms with E-state index in [1.165, 1.54) is 6.07 Å². The van der Waals surface area contributed by atoms with E-state index in [-0.39, 0.29) is 23.4 Å². The fourth-order valence-electron chi connectivity index (χ4n) is 3.69. The Morgan fingerprint density at radius 3 is 2.53 bits per heavy atom. The quantitative estimate of drug-likeness (QED) is 0.466. The van der Waals surface area contributed by atoms with Crippen molar-refractivity contribution in [2.45, 2.75) is 26.3 Å². The van der Waals surface area contributed by atoms with Gasteiger partial charge in [0.15, 0.2) is 5.43 Å². The predicted molar refractivity (Wildman–Crippen MR) is 115 cm³/mol. The van der Waals surface area contributed by atoms with Gasteiger partial charge in [0.05, 0.1) is 16.7 Å². The van der Waals surface area contributed by atoms with Gasteiger partial charge in [-0.3, -0.25) is 9.59 Å². The molecule has 4 aromatic rings. The molecule has 0 fully saturated rings. The van der Waals surface area contributed by atoms with Crippen molar-refractivity contribution in [2.24, 2.45) is 0 Å². The number of benzene rings is 3. The van der Waals surface area contributed by atoms with E-state index in [0.29, 0.717) is 23.7 Å². The SMILES string of the molecule is Cc1ccc2c(c1)c(=O)c1ccccc1n2CCCC(=O)Nc1ccc(F)cc1F. The third kappa shape index (κ3) is 3.81. The van der Waals surface area contributed by atoms with Crippen LogP contribution in [-0.2, 0) is 11.3 Å². The largest absolute Gasteiger partial charge is 0.340 e. The smallest absolute Gasteiger partial charge is 0.224 e. The number of pyridine rings is 1. The van der Waals surface area contributed by atoms with Gasteiger partial charge >= 0.3 is 0 Å². The summed E-state index contributed by atoms with van der Waals surface area (Å²) in [4.78, 5) is 25.1. The van der Waals surface area contributed by atoms with E-state index in [1.54, 1.807) is 6.07 Å². The molecule has 4 rings (SSSR count). The van der Waals surface area contributed by atoms with Crippen LogP contribution in [0.4, 0.5) is 14.5 Å². The summed E-state index contributed by atoms with van der Waals surface area (Å²) in [5, 5.41) is 3.75. The third-order valence-electron chi connectivity index (χ3n) is 5.12. The van der Waals surface area contributed by atoms with Gasteiger partial charge in [-0.05, 0) is 49.7 Å². The Morgan fingerprint density at radius 2 is 1.73 bits per heavy atom. The van der Waals surface area contributed by atoms with Crippen molar-refractivity contribution < 1.29 is 13.6 Å². The van der Waals surface area contributed by atoms with Crippen LogP contribution in [-0.4, -0.2) is 10.5 Å². The topological polar surface area (TPSA) is 51.1 Å². The van der Waals surface area contributed by atoms with Crippen molar-refractivity contribution in [3.05, 3.63) is 88.1 Å². The number of carbonyl (C=O) groups excluding carboxylic acids is 1. The summed E-state index contributed by atoms with van der Waals surface area (Å²) in [5.74, 6) is -1.86. The average Bonchev–Trinajstić information content (AvgIpc) is 2.73. The van der Waals surface area contributed by atoms with Gasteiger partial charge in [-0.2, -0.15) is 0 Å². The van der Waals surface area contributed by atoms with Crippen LogP contribution >= 0.6 is 0 Å². The molecule has 4 nitrogen and oxygen atoms in total. The molecule has 30 heavy (non-hydrogen) atoms. The van der Waals surface area contributed by atoms with Crippen LogP contribution < -0.4 is 10.7 Å². The zero-order valence-corrected chi connectivity index (χ0v) is 16.4. The predicted octanol–water partition coefficient (Wildman–Crippen LogP) is 5.16. The second kappa shape index (κ2) is 8.06. The van der Waals surface area contributed by atoms with Crippen LogP contribution in [0.2, 0.25) is 0 Å². The number of hydrogen-bond acceptors (Lipinski definition) is 2. The summed E-state index contributed by atoms with van der Waals surface area (Å²) >= 11 is 0. The fourth-order valence-corrected chi connectivity index (χ4v) is 3.69. The van der Waals surface area contributed by atoms with Crippen LogP contribution in [0.15, 0.2) is 65.5 Å². The Morgan fingerprint density at radius 1 is 0.967 bits per heavy atom. The zero-order chi connectivity index (χ0) is 21.3. The molecule has 0 unspecified atom stereocenters. The molecular formula is C24H20F2N2O2. The molecule has 0 bridgehead atoms. The van der Waals surface area contributed by atoms with E-state index in [4.69, 9.17) is 0 Å². The number of aryl methyl sites for hydroxylation is 2. The standard InChI is InChI=1S/C24H20F2N2O2/c1-15-8-11-22-18(13-15)24(30)17-5-2-3-6-21(17)28(22)12-4-7-23(29)27-20-10-9-16(25)14-19(20)26/h2-3,5-6,8-11,13-14H,4,7,12H2,1H3,(H,27,29). The number of hydrogen-bond donors (Lipinski definition) is 1. The van der Waals surface area contributed by atoms with Crippen molar-refractivity contribution in [1.82, 2.24) is 4.57 Å². The lowest BCUT2D eigenvalue weighted by molar-refractivity contribution is -0.116. The van der Waals surface area contributed by atoms with Crippen molar-refractivity contribution in [3.8, 4) is 0 Å². The summed E-state index contributed by atoms with van der Waals surface area (Å²) < 4.78 is 28.8. The lowest BCUT2D eigenvalue weighted by Crippen LogP contribution is -2.15. The van der Waals surface area contributed by atoms with Crippen molar-refractivity contribution in [1.29, 1.82) is 0 Å². The van der Waals surface area contributed by atoms with Crippen LogP contribution in [0.5, 0.6) is 0 Å². The molecule has 1 aromatic heterocycles. The molecule has 1 N–H and O–H groups in total. The molecule has 0 radical (unpaired) electrons. The molecule has 0 aliphatic carbocycles. The monoisotopic (exact) mass is 406 g/mol. The van der Waals surface area contributed by atoms with Crippen molar-refractivity contribution >= 4 is 33.4 Å². The molecule has 1 heterocycles. The van der Waals surface area contributed by atoms with E-state index in [9.17, 15) is 18.4 Å². The van der Waals surface area contributed by atoms with E-state index in [0.717, 1.165) is 28.7 Å². The normalized spacial score (nSPS) is 11.2. The Hall–Kier alpha value is -3.54. The number of anilines is 1. The molecule has 1 amide bonds. The van der Waals surface area contributed by atoms with E-state index < -0.39 is 11.6 Å².